The molecule has 26 heavy (non-hydrogen) atoms. The van der Waals surface area contributed by atoms with Crippen LogP contribution in [0.5, 0.6) is 0 Å². The van der Waals surface area contributed by atoms with E-state index in [2.05, 4.69) is 77.5 Å². The molecular formula is C25H41N. The van der Waals surface area contributed by atoms with Crippen LogP contribution in [-0.4, -0.2) is 11.4 Å². The molecule has 0 bridgehead atoms. The first-order valence-electron chi connectivity index (χ1n) is 10.3. The molecule has 1 fully saturated rings. The summed E-state index contributed by atoms with van der Waals surface area (Å²) in [5, 5.41) is 0. The van der Waals surface area contributed by atoms with Gasteiger partial charge in [0, 0.05) is 17.9 Å². The monoisotopic (exact) mass is 355 g/mol. The molecule has 146 valence electrons. The van der Waals surface area contributed by atoms with Crippen molar-refractivity contribution in [2.45, 2.75) is 79.6 Å². The van der Waals surface area contributed by atoms with Crippen LogP contribution >= 0.6 is 0 Å². The highest BCUT2D eigenvalue weighted by Gasteiger charge is 2.39. The Morgan fingerprint density at radius 1 is 1.04 bits per heavy atom. The van der Waals surface area contributed by atoms with E-state index < -0.39 is 0 Å². The Kier molecular flexibility index (Phi) is 8.67. The van der Waals surface area contributed by atoms with Gasteiger partial charge in [-0.25, -0.2) is 0 Å². The summed E-state index contributed by atoms with van der Waals surface area (Å²) in [5.41, 5.74) is 4.07. The van der Waals surface area contributed by atoms with Crippen LogP contribution in [0, 0.1) is 10.8 Å². The lowest BCUT2D eigenvalue weighted by Crippen LogP contribution is -2.40. The molecule has 1 aliphatic carbocycles. The molecule has 0 N–H and O–H groups in total. The fourth-order valence-corrected chi connectivity index (χ4v) is 4.37. The molecule has 2 unspecified atom stereocenters. The average molecular weight is 356 g/mol. The summed E-state index contributed by atoms with van der Waals surface area (Å²) in [4.78, 5) is 2.27. The van der Waals surface area contributed by atoms with Gasteiger partial charge in [0.2, 0.25) is 0 Å². The summed E-state index contributed by atoms with van der Waals surface area (Å²) in [6, 6.07) is 0. The molecule has 2 atom stereocenters. The van der Waals surface area contributed by atoms with Gasteiger partial charge in [0.1, 0.15) is 0 Å². The van der Waals surface area contributed by atoms with E-state index in [1.54, 1.807) is 0 Å². The first kappa shape index (κ1) is 22.5. The van der Waals surface area contributed by atoms with Crippen LogP contribution in [-0.2, 0) is 0 Å². The molecule has 0 aromatic heterocycles. The number of nitrogens with zero attached hydrogens (tertiary/aromatic N) is 1. The summed E-state index contributed by atoms with van der Waals surface area (Å²) in [6.45, 7) is 25.0. The topological polar surface area (TPSA) is 3.24 Å². The highest BCUT2D eigenvalue weighted by Crippen LogP contribution is 2.48. The van der Waals surface area contributed by atoms with Gasteiger partial charge in [-0.05, 0) is 55.6 Å². The maximum Gasteiger partial charge on any atom is 0.0338 e. The maximum absolute atomic E-state index is 4.35. The van der Waals surface area contributed by atoms with Crippen molar-refractivity contribution < 1.29 is 0 Å². The van der Waals surface area contributed by atoms with Crippen molar-refractivity contribution in [3.8, 4) is 0 Å². The molecule has 1 rings (SSSR count). The van der Waals surface area contributed by atoms with E-state index in [-0.39, 0.29) is 0 Å². The second-order valence-corrected chi connectivity index (χ2v) is 8.73. The van der Waals surface area contributed by atoms with Crippen molar-refractivity contribution in [1.82, 2.24) is 4.90 Å². The third-order valence-corrected chi connectivity index (χ3v) is 6.14. The van der Waals surface area contributed by atoms with Crippen LogP contribution in [0.1, 0.15) is 79.6 Å². The van der Waals surface area contributed by atoms with Gasteiger partial charge in [-0.2, -0.15) is 0 Å². The maximum atomic E-state index is 4.35. The van der Waals surface area contributed by atoms with Crippen LogP contribution in [0.4, 0.5) is 0 Å². The molecule has 1 aliphatic rings. The van der Waals surface area contributed by atoms with Gasteiger partial charge >= 0.3 is 0 Å². The molecule has 0 heterocycles. The number of hydrogen-bond acceptors (Lipinski definition) is 1. The normalized spacial score (nSPS) is 26.7. The van der Waals surface area contributed by atoms with Crippen LogP contribution < -0.4 is 0 Å². The first-order valence-corrected chi connectivity index (χ1v) is 10.3. The van der Waals surface area contributed by atoms with Gasteiger partial charge < -0.3 is 4.90 Å². The molecule has 0 spiro atoms. The fraction of sp³-hybridized carbons (Fsp3) is 0.600. The summed E-state index contributed by atoms with van der Waals surface area (Å²) >= 11 is 0. The number of hydrogen-bond donors (Lipinski definition) is 0. The van der Waals surface area contributed by atoms with E-state index in [9.17, 15) is 0 Å². The zero-order valence-electron chi connectivity index (χ0n) is 18.0. The van der Waals surface area contributed by atoms with Crippen molar-refractivity contribution >= 4 is 0 Å². The molecule has 1 heteroatoms. The van der Waals surface area contributed by atoms with Crippen LogP contribution in [0.15, 0.2) is 61.0 Å². The lowest BCUT2D eigenvalue weighted by Gasteiger charge is -2.47. The Hall–Kier alpha value is -1.50. The molecule has 0 saturated heterocycles. The van der Waals surface area contributed by atoms with Crippen molar-refractivity contribution in [3.63, 3.8) is 0 Å². The zero-order chi connectivity index (χ0) is 19.8. The van der Waals surface area contributed by atoms with Gasteiger partial charge in [0.05, 0.1) is 0 Å². The van der Waals surface area contributed by atoms with E-state index in [0.717, 1.165) is 30.8 Å². The number of rotatable bonds is 10. The van der Waals surface area contributed by atoms with E-state index in [0.29, 0.717) is 10.8 Å². The van der Waals surface area contributed by atoms with Crippen LogP contribution in [0.2, 0.25) is 0 Å². The SMILES string of the molecule is C=CC(=C)N(CC1(C)CCCC(C)(CC)C1)C(=C)/C=C\C(=C/C)CCC. The summed E-state index contributed by atoms with van der Waals surface area (Å²) in [6.07, 6.45) is 17.1. The first-order chi connectivity index (χ1) is 12.2. The van der Waals surface area contributed by atoms with Gasteiger partial charge in [0.15, 0.2) is 0 Å². The van der Waals surface area contributed by atoms with Crippen molar-refractivity contribution in [2.75, 3.05) is 6.54 Å². The largest absolute Gasteiger partial charge is 0.342 e. The standard InChI is InChI=1S/C25H41N/c1-9-14-23(11-3)16-15-22(6)26(21(5)10-2)20-25(8)18-13-17-24(7,12-4)19-25/h10-11,15-16H,2,5-6,9,12-14,17-20H2,1,3-4,7-8H3/b16-15-,23-11-. The van der Waals surface area contributed by atoms with E-state index in [1.807, 2.05) is 6.08 Å². The van der Waals surface area contributed by atoms with Crippen molar-refractivity contribution in [3.05, 3.63) is 61.0 Å². The molecule has 0 aliphatic heterocycles. The van der Waals surface area contributed by atoms with Crippen LogP contribution in [0.3, 0.4) is 0 Å². The quantitative estimate of drug-likeness (QED) is 0.361. The number of allylic oxidation sites excluding steroid dienone is 5. The van der Waals surface area contributed by atoms with Crippen molar-refractivity contribution in [2.24, 2.45) is 10.8 Å². The second-order valence-electron chi connectivity index (χ2n) is 8.73. The minimum absolute atomic E-state index is 0.290. The molecule has 1 nitrogen and oxygen atoms in total. The van der Waals surface area contributed by atoms with E-state index >= 15 is 0 Å². The summed E-state index contributed by atoms with van der Waals surface area (Å²) < 4.78 is 0. The van der Waals surface area contributed by atoms with Gasteiger partial charge in [-0.3, -0.25) is 0 Å². The lowest BCUT2D eigenvalue weighted by atomic mass is 9.62. The second kappa shape index (κ2) is 10.00. The molecule has 0 amide bonds. The summed E-state index contributed by atoms with van der Waals surface area (Å²) in [7, 11) is 0. The minimum atomic E-state index is 0.290. The Balaban J connectivity index is 2.96. The average Bonchev–Trinajstić information content (AvgIpc) is 2.62. The van der Waals surface area contributed by atoms with Gasteiger partial charge in [-0.1, -0.05) is 84.4 Å². The third-order valence-electron chi connectivity index (χ3n) is 6.14. The predicted molar refractivity (Wildman–Crippen MR) is 118 cm³/mol. The van der Waals surface area contributed by atoms with Crippen LogP contribution in [0.25, 0.3) is 0 Å². The minimum Gasteiger partial charge on any atom is -0.342 e. The van der Waals surface area contributed by atoms with E-state index in [1.165, 1.54) is 37.7 Å². The summed E-state index contributed by atoms with van der Waals surface area (Å²) in [5.74, 6) is 0. The molecule has 0 aromatic rings. The Labute approximate surface area is 163 Å². The Morgan fingerprint density at radius 2 is 1.69 bits per heavy atom. The highest BCUT2D eigenvalue weighted by atomic mass is 15.1. The van der Waals surface area contributed by atoms with Gasteiger partial charge in [0.25, 0.3) is 0 Å². The van der Waals surface area contributed by atoms with Gasteiger partial charge in [-0.15, -0.1) is 0 Å². The molecule has 1 saturated carbocycles. The highest BCUT2D eigenvalue weighted by molar-refractivity contribution is 5.29. The lowest BCUT2D eigenvalue weighted by molar-refractivity contribution is 0.0631. The molecular weight excluding hydrogens is 314 g/mol. The Bertz CT molecular complexity index is 565. The Morgan fingerprint density at radius 3 is 2.23 bits per heavy atom. The molecule has 0 aromatic carbocycles. The smallest absolute Gasteiger partial charge is 0.0338 e. The third kappa shape index (κ3) is 6.34. The molecule has 0 radical (unpaired) electrons. The fourth-order valence-electron chi connectivity index (χ4n) is 4.37. The predicted octanol–water partition coefficient (Wildman–Crippen LogP) is 7.80. The zero-order valence-corrected chi connectivity index (χ0v) is 18.0. The van der Waals surface area contributed by atoms with E-state index in [4.69, 9.17) is 0 Å². The van der Waals surface area contributed by atoms with Crippen molar-refractivity contribution in [1.29, 1.82) is 0 Å².